The first-order valence-corrected chi connectivity index (χ1v) is 10.9. The zero-order valence-corrected chi connectivity index (χ0v) is 17.5. The van der Waals surface area contributed by atoms with Crippen molar-refractivity contribution in [1.29, 1.82) is 0 Å². The molecule has 3 rings (SSSR count). The van der Waals surface area contributed by atoms with Crippen LogP contribution in [-0.4, -0.2) is 38.1 Å². The molecule has 0 spiro atoms. The summed E-state index contributed by atoms with van der Waals surface area (Å²) in [5.41, 5.74) is 2.09. The van der Waals surface area contributed by atoms with Gasteiger partial charge in [0.1, 0.15) is 5.75 Å². The van der Waals surface area contributed by atoms with Crippen LogP contribution in [0.3, 0.4) is 0 Å². The van der Waals surface area contributed by atoms with E-state index < -0.39 is 22.1 Å². The first kappa shape index (κ1) is 22.8. The van der Waals surface area contributed by atoms with Gasteiger partial charge in [0.15, 0.2) is 0 Å². The van der Waals surface area contributed by atoms with Crippen LogP contribution < -0.4 is 10.1 Å². The average Bonchev–Trinajstić information content (AvgIpc) is 2.73. The van der Waals surface area contributed by atoms with E-state index in [2.05, 4.69) is 10.1 Å². The third-order valence-corrected chi connectivity index (χ3v) is 6.84. The lowest BCUT2D eigenvalue weighted by Crippen LogP contribution is -2.37. The molecule has 0 bridgehead atoms. The fraction of sp³-hybridized carbons (Fsp3) is 0.286. The average molecular weight is 454 g/mol. The molecule has 0 aliphatic carbocycles. The molecule has 1 aliphatic rings. The molecule has 1 amide bonds. The Bertz CT molecular complexity index is 1060. The Labute approximate surface area is 178 Å². The molecule has 1 fully saturated rings. The number of halogens is 3. The monoisotopic (exact) mass is 454 g/mol. The van der Waals surface area contributed by atoms with E-state index in [1.54, 1.807) is 19.1 Å². The molecule has 6 nitrogen and oxygen atoms in total. The molecule has 2 aromatic rings. The van der Waals surface area contributed by atoms with E-state index in [4.69, 9.17) is 0 Å². The molecule has 0 radical (unpaired) electrons. The van der Waals surface area contributed by atoms with Gasteiger partial charge in [-0.3, -0.25) is 4.79 Å². The van der Waals surface area contributed by atoms with Crippen LogP contribution in [0.2, 0.25) is 0 Å². The number of anilines is 1. The molecule has 0 aromatic heterocycles. The zero-order chi connectivity index (χ0) is 22.6. The van der Waals surface area contributed by atoms with E-state index in [-0.39, 0.29) is 23.9 Å². The predicted molar refractivity (Wildman–Crippen MR) is 109 cm³/mol. The van der Waals surface area contributed by atoms with Gasteiger partial charge >= 0.3 is 6.36 Å². The van der Waals surface area contributed by atoms with Crippen molar-refractivity contribution >= 4 is 21.6 Å². The third-order valence-electron chi connectivity index (χ3n) is 4.92. The summed E-state index contributed by atoms with van der Waals surface area (Å²) in [6.07, 6.45) is -4.06. The van der Waals surface area contributed by atoms with Crippen LogP contribution in [0.1, 0.15) is 19.8 Å². The lowest BCUT2D eigenvalue weighted by atomic mass is 9.99. The number of rotatable bonds is 5. The second-order valence-electron chi connectivity index (χ2n) is 6.97. The van der Waals surface area contributed by atoms with Gasteiger partial charge in [0.2, 0.25) is 10.0 Å². The molecule has 0 atom stereocenters. The van der Waals surface area contributed by atoms with Crippen molar-refractivity contribution < 1.29 is 31.1 Å². The first-order valence-electron chi connectivity index (χ1n) is 9.47. The highest BCUT2D eigenvalue weighted by Crippen LogP contribution is 2.28. The minimum absolute atomic E-state index is 0.118. The van der Waals surface area contributed by atoms with Crippen LogP contribution in [-0.2, 0) is 14.8 Å². The van der Waals surface area contributed by atoms with Gasteiger partial charge < -0.3 is 10.1 Å². The number of ether oxygens (including phenoxy) is 1. The predicted octanol–water partition coefficient (Wildman–Crippen LogP) is 4.32. The summed E-state index contributed by atoms with van der Waals surface area (Å²) in [5.74, 6) is -0.729. The largest absolute Gasteiger partial charge is 0.573 e. The van der Waals surface area contributed by atoms with Crippen molar-refractivity contribution in [2.45, 2.75) is 31.0 Å². The van der Waals surface area contributed by atoms with E-state index in [9.17, 15) is 26.4 Å². The summed E-state index contributed by atoms with van der Waals surface area (Å²) in [7, 11) is -3.87. The van der Waals surface area contributed by atoms with Gasteiger partial charge in [-0.25, -0.2) is 8.42 Å². The number of benzene rings is 2. The van der Waals surface area contributed by atoms with Crippen molar-refractivity contribution in [3.8, 4) is 5.75 Å². The van der Waals surface area contributed by atoms with E-state index in [1.165, 1.54) is 4.31 Å². The van der Waals surface area contributed by atoms with Crippen LogP contribution >= 0.6 is 0 Å². The van der Waals surface area contributed by atoms with Gasteiger partial charge in [-0.1, -0.05) is 23.8 Å². The van der Waals surface area contributed by atoms with Crippen molar-refractivity contribution in [1.82, 2.24) is 4.31 Å². The fourth-order valence-electron chi connectivity index (χ4n) is 3.24. The Kier molecular flexibility index (Phi) is 6.71. The van der Waals surface area contributed by atoms with E-state index in [0.717, 1.165) is 29.8 Å². The molecule has 166 valence electrons. The van der Waals surface area contributed by atoms with Crippen molar-refractivity contribution in [3.63, 3.8) is 0 Å². The quantitative estimate of drug-likeness (QED) is 0.683. The summed E-state index contributed by atoms with van der Waals surface area (Å²) in [5, 5.41) is 2.81. The number of amides is 1. The summed E-state index contributed by atoms with van der Waals surface area (Å²) in [6, 6.07) is 13.1. The van der Waals surface area contributed by atoms with Crippen LogP contribution in [0.5, 0.6) is 5.75 Å². The van der Waals surface area contributed by atoms with E-state index in [0.29, 0.717) is 24.1 Å². The molecule has 2 aromatic carbocycles. The number of nitrogens with zero attached hydrogens (tertiary/aromatic N) is 1. The van der Waals surface area contributed by atoms with Crippen LogP contribution in [0.25, 0.3) is 0 Å². The second kappa shape index (κ2) is 9.11. The number of alkyl halides is 3. The maximum absolute atomic E-state index is 12.8. The van der Waals surface area contributed by atoms with Crippen molar-refractivity contribution in [2.75, 3.05) is 18.4 Å². The SMILES string of the molecule is CC(C(=O)Nc1ccccc1)=C1CCN(S(=O)(=O)c2ccc(OC(F)(F)F)cc2)CC1. The number of hydrogen-bond acceptors (Lipinski definition) is 4. The molecule has 0 saturated carbocycles. The normalized spacial score (nSPS) is 15.4. The maximum Gasteiger partial charge on any atom is 0.573 e. The Balaban J connectivity index is 1.65. The molecule has 1 aliphatic heterocycles. The topological polar surface area (TPSA) is 75.7 Å². The fourth-order valence-corrected chi connectivity index (χ4v) is 4.68. The van der Waals surface area contributed by atoms with Crippen LogP contribution in [0, 0.1) is 0 Å². The number of para-hydroxylation sites is 1. The molecular formula is C21H21F3N2O4S. The molecule has 31 heavy (non-hydrogen) atoms. The number of piperidine rings is 1. The van der Waals surface area contributed by atoms with E-state index >= 15 is 0 Å². The van der Waals surface area contributed by atoms with Gasteiger partial charge in [-0.2, -0.15) is 4.31 Å². The minimum atomic E-state index is -4.85. The summed E-state index contributed by atoms with van der Waals surface area (Å²) in [6.45, 7) is 2.06. The first-order chi connectivity index (χ1) is 14.6. The number of carbonyl (C=O) groups excluding carboxylic acids is 1. The third kappa shape index (κ3) is 5.86. The number of hydrogen-bond donors (Lipinski definition) is 1. The molecular weight excluding hydrogens is 433 g/mol. The summed E-state index contributed by atoms with van der Waals surface area (Å²) in [4.78, 5) is 12.3. The van der Waals surface area contributed by atoms with Gasteiger partial charge in [0.05, 0.1) is 4.90 Å². The van der Waals surface area contributed by atoms with Gasteiger partial charge in [0, 0.05) is 24.4 Å². The molecule has 10 heteroatoms. The zero-order valence-electron chi connectivity index (χ0n) is 16.6. The standard InChI is InChI=1S/C21H21F3N2O4S/c1-15(20(27)25-17-5-3-2-4-6-17)16-11-13-26(14-12-16)31(28,29)19-9-7-18(8-10-19)30-21(22,23)24/h2-10H,11-14H2,1H3,(H,25,27). The van der Waals surface area contributed by atoms with Gasteiger partial charge in [0.25, 0.3) is 5.91 Å². The Hall–Kier alpha value is -2.85. The Morgan fingerprint density at radius 2 is 1.58 bits per heavy atom. The smallest absolute Gasteiger partial charge is 0.406 e. The molecule has 0 unspecified atom stereocenters. The lowest BCUT2D eigenvalue weighted by Gasteiger charge is -2.28. The number of sulfonamides is 1. The van der Waals surface area contributed by atoms with Crippen LogP contribution in [0.4, 0.5) is 18.9 Å². The van der Waals surface area contributed by atoms with Gasteiger partial charge in [-0.15, -0.1) is 13.2 Å². The highest BCUT2D eigenvalue weighted by atomic mass is 32.2. The van der Waals surface area contributed by atoms with Gasteiger partial charge in [-0.05, 0) is 56.2 Å². The number of nitrogens with one attached hydrogen (secondary N) is 1. The maximum atomic E-state index is 12.8. The highest BCUT2D eigenvalue weighted by molar-refractivity contribution is 7.89. The van der Waals surface area contributed by atoms with E-state index in [1.807, 2.05) is 18.2 Å². The lowest BCUT2D eigenvalue weighted by molar-refractivity contribution is -0.274. The summed E-state index contributed by atoms with van der Waals surface area (Å²) < 4.78 is 67.4. The van der Waals surface area contributed by atoms with Crippen molar-refractivity contribution in [2.24, 2.45) is 0 Å². The molecule has 1 N–H and O–H groups in total. The van der Waals surface area contributed by atoms with Crippen molar-refractivity contribution in [3.05, 3.63) is 65.7 Å². The van der Waals surface area contributed by atoms with Crippen LogP contribution in [0.15, 0.2) is 70.6 Å². The number of carbonyl (C=O) groups is 1. The second-order valence-corrected chi connectivity index (χ2v) is 8.91. The minimum Gasteiger partial charge on any atom is -0.406 e. The molecule has 1 heterocycles. The highest BCUT2D eigenvalue weighted by Gasteiger charge is 2.32. The Morgan fingerprint density at radius 3 is 2.13 bits per heavy atom. The Morgan fingerprint density at radius 1 is 1.00 bits per heavy atom. The molecule has 1 saturated heterocycles. The summed E-state index contributed by atoms with van der Waals surface area (Å²) >= 11 is 0.